The smallest absolute Gasteiger partial charge is 0.161 e. The standard InChI is InChI=1S/C20H25Cl2NO3/c1-3-25-10-4-9-23-13-15-6-8-19(20(12-15)24-2)26-14-16-5-7-17(21)18(22)11-16/h5-8,11-12,23H,3-4,9-10,13-14H2,1-2H3. The average Bonchev–Trinajstić information content (AvgIpc) is 2.66. The van der Waals surface area contributed by atoms with E-state index in [-0.39, 0.29) is 0 Å². The lowest BCUT2D eigenvalue weighted by molar-refractivity contribution is 0.144. The Bertz CT molecular complexity index is 695. The molecule has 2 rings (SSSR count). The molecule has 0 fully saturated rings. The molecule has 0 spiro atoms. The molecule has 0 saturated carbocycles. The zero-order chi connectivity index (χ0) is 18.8. The van der Waals surface area contributed by atoms with Crippen molar-refractivity contribution in [2.75, 3.05) is 26.9 Å². The van der Waals surface area contributed by atoms with Gasteiger partial charge >= 0.3 is 0 Å². The van der Waals surface area contributed by atoms with Crippen LogP contribution in [0.1, 0.15) is 24.5 Å². The molecule has 0 aliphatic carbocycles. The summed E-state index contributed by atoms with van der Waals surface area (Å²) in [6.07, 6.45) is 0.996. The largest absolute Gasteiger partial charge is 0.493 e. The lowest BCUT2D eigenvalue weighted by atomic mass is 10.2. The molecule has 0 atom stereocenters. The first kappa shape index (κ1) is 20.8. The Balaban J connectivity index is 1.88. The molecule has 0 heterocycles. The first-order valence-electron chi connectivity index (χ1n) is 8.66. The van der Waals surface area contributed by atoms with Crippen LogP contribution in [0.4, 0.5) is 0 Å². The molecule has 0 saturated heterocycles. The zero-order valence-corrected chi connectivity index (χ0v) is 16.7. The highest BCUT2D eigenvalue weighted by Crippen LogP contribution is 2.29. The number of ether oxygens (including phenoxy) is 3. The van der Waals surface area contributed by atoms with Crippen LogP contribution in [-0.2, 0) is 17.9 Å². The third kappa shape index (κ3) is 6.69. The minimum Gasteiger partial charge on any atom is -0.493 e. The molecule has 0 unspecified atom stereocenters. The van der Waals surface area contributed by atoms with Gasteiger partial charge < -0.3 is 19.5 Å². The molecule has 0 bridgehead atoms. The number of halogens is 2. The maximum atomic E-state index is 6.04. The van der Waals surface area contributed by atoms with Gasteiger partial charge in [-0.2, -0.15) is 0 Å². The number of hydrogen-bond acceptors (Lipinski definition) is 4. The first-order valence-corrected chi connectivity index (χ1v) is 9.41. The van der Waals surface area contributed by atoms with Crippen molar-refractivity contribution in [3.63, 3.8) is 0 Å². The number of hydrogen-bond donors (Lipinski definition) is 1. The first-order chi connectivity index (χ1) is 12.6. The Morgan fingerprint density at radius 1 is 0.962 bits per heavy atom. The van der Waals surface area contributed by atoms with E-state index in [0.717, 1.165) is 43.9 Å². The van der Waals surface area contributed by atoms with Gasteiger partial charge in [-0.15, -0.1) is 0 Å². The van der Waals surface area contributed by atoms with E-state index in [0.29, 0.717) is 28.2 Å². The molecule has 0 aliphatic rings. The van der Waals surface area contributed by atoms with E-state index in [1.165, 1.54) is 0 Å². The normalized spacial score (nSPS) is 10.8. The van der Waals surface area contributed by atoms with Crippen molar-refractivity contribution in [3.05, 3.63) is 57.6 Å². The molecule has 0 aromatic heterocycles. The molecule has 1 N–H and O–H groups in total. The number of nitrogens with one attached hydrogen (secondary N) is 1. The van der Waals surface area contributed by atoms with Gasteiger partial charge in [-0.1, -0.05) is 35.3 Å². The van der Waals surface area contributed by atoms with E-state index < -0.39 is 0 Å². The van der Waals surface area contributed by atoms with Crippen molar-refractivity contribution in [2.24, 2.45) is 0 Å². The SMILES string of the molecule is CCOCCCNCc1ccc(OCc2ccc(Cl)c(Cl)c2)c(OC)c1. The molecular formula is C20H25Cl2NO3. The fourth-order valence-corrected chi connectivity index (χ4v) is 2.73. The van der Waals surface area contributed by atoms with Crippen LogP contribution in [0.15, 0.2) is 36.4 Å². The summed E-state index contributed by atoms with van der Waals surface area (Å²) in [4.78, 5) is 0. The molecule has 26 heavy (non-hydrogen) atoms. The van der Waals surface area contributed by atoms with Crippen molar-refractivity contribution in [1.82, 2.24) is 5.32 Å². The van der Waals surface area contributed by atoms with Gasteiger partial charge in [-0.05, 0) is 55.3 Å². The quantitative estimate of drug-likeness (QED) is 0.535. The van der Waals surface area contributed by atoms with Crippen LogP contribution in [0.25, 0.3) is 0 Å². The highest BCUT2D eigenvalue weighted by molar-refractivity contribution is 6.42. The van der Waals surface area contributed by atoms with Gasteiger partial charge in [-0.3, -0.25) is 0 Å². The highest BCUT2D eigenvalue weighted by atomic mass is 35.5. The minimum absolute atomic E-state index is 0.391. The van der Waals surface area contributed by atoms with E-state index in [2.05, 4.69) is 5.32 Å². The van der Waals surface area contributed by atoms with Gasteiger partial charge in [0.05, 0.1) is 17.2 Å². The second-order valence-corrected chi connectivity index (χ2v) is 6.56. The maximum Gasteiger partial charge on any atom is 0.161 e. The predicted molar refractivity (Wildman–Crippen MR) is 107 cm³/mol. The summed E-state index contributed by atoms with van der Waals surface area (Å²) in [5.41, 5.74) is 2.08. The summed E-state index contributed by atoms with van der Waals surface area (Å²) in [5, 5.41) is 4.45. The average molecular weight is 398 g/mol. The van der Waals surface area contributed by atoms with Crippen LogP contribution in [0.3, 0.4) is 0 Å². The number of methoxy groups -OCH3 is 1. The van der Waals surface area contributed by atoms with Crippen LogP contribution in [0.2, 0.25) is 10.0 Å². The lowest BCUT2D eigenvalue weighted by Gasteiger charge is -2.13. The van der Waals surface area contributed by atoms with Gasteiger partial charge in [-0.25, -0.2) is 0 Å². The molecule has 2 aromatic carbocycles. The molecule has 6 heteroatoms. The molecular weight excluding hydrogens is 373 g/mol. The maximum absolute atomic E-state index is 6.04. The summed E-state index contributed by atoms with van der Waals surface area (Å²) in [5.74, 6) is 1.40. The van der Waals surface area contributed by atoms with Crippen LogP contribution in [-0.4, -0.2) is 26.9 Å². The Morgan fingerprint density at radius 3 is 2.50 bits per heavy atom. The Labute approximate surface area is 165 Å². The van der Waals surface area contributed by atoms with E-state index >= 15 is 0 Å². The zero-order valence-electron chi connectivity index (χ0n) is 15.2. The van der Waals surface area contributed by atoms with Crippen LogP contribution < -0.4 is 14.8 Å². The van der Waals surface area contributed by atoms with E-state index in [4.69, 9.17) is 37.4 Å². The Hall–Kier alpha value is -1.46. The lowest BCUT2D eigenvalue weighted by Crippen LogP contribution is -2.16. The third-order valence-electron chi connectivity index (χ3n) is 3.78. The van der Waals surface area contributed by atoms with Gasteiger partial charge in [0.2, 0.25) is 0 Å². The van der Waals surface area contributed by atoms with Gasteiger partial charge in [0, 0.05) is 19.8 Å². The van der Waals surface area contributed by atoms with Crippen LogP contribution in [0, 0.1) is 0 Å². The summed E-state index contributed by atoms with van der Waals surface area (Å²) >= 11 is 12.0. The van der Waals surface area contributed by atoms with E-state index in [1.54, 1.807) is 19.2 Å². The monoisotopic (exact) mass is 397 g/mol. The summed E-state index contributed by atoms with van der Waals surface area (Å²) < 4.78 is 16.7. The second kappa shape index (κ2) is 11.3. The molecule has 0 aliphatic heterocycles. The topological polar surface area (TPSA) is 39.7 Å². The molecule has 142 valence electrons. The van der Waals surface area contributed by atoms with Crippen molar-refractivity contribution >= 4 is 23.2 Å². The predicted octanol–water partition coefficient (Wildman–Crippen LogP) is 5.10. The van der Waals surface area contributed by atoms with Gasteiger partial charge in [0.25, 0.3) is 0 Å². The molecule has 0 radical (unpaired) electrons. The Kier molecular flexibility index (Phi) is 9.06. The summed E-state index contributed by atoms with van der Waals surface area (Å²) in [7, 11) is 1.64. The van der Waals surface area contributed by atoms with Crippen molar-refractivity contribution in [1.29, 1.82) is 0 Å². The van der Waals surface area contributed by atoms with Crippen LogP contribution >= 0.6 is 23.2 Å². The highest BCUT2D eigenvalue weighted by Gasteiger charge is 2.07. The molecule has 2 aromatic rings. The van der Waals surface area contributed by atoms with E-state index in [9.17, 15) is 0 Å². The third-order valence-corrected chi connectivity index (χ3v) is 4.52. The van der Waals surface area contributed by atoms with Crippen molar-refractivity contribution in [3.8, 4) is 11.5 Å². The number of benzene rings is 2. The summed E-state index contributed by atoms with van der Waals surface area (Å²) in [6.45, 7) is 5.63. The fraction of sp³-hybridized carbons (Fsp3) is 0.400. The minimum atomic E-state index is 0.391. The fourth-order valence-electron chi connectivity index (χ4n) is 2.41. The molecule has 4 nitrogen and oxygen atoms in total. The molecule has 0 amide bonds. The second-order valence-electron chi connectivity index (χ2n) is 5.75. The van der Waals surface area contributed by atoms with Crippen LogP contribution in [0.5, 0.6) is 11.5 Å². The van der Waals surface area contributed by atoms with Gasteiger partial charge in [0.15, 0.2) is 11.5 Å². The van der Waals surface area contributed by atoms with Crippen molar-refractivity contribution in [2.45, 2.75) is 26.5 Å². The van der Waals surface area contributed by atoms with Gasteiger partial charge in [0.1, 0.15) is 6.61 Å². The Morgan fingerprint density at radius 2 is 1.77 bits per heavy atom. The van der Waals surface area contributed by atoms with E-state index in [1.807, 2.05) is 31.2 Å². The number of rotatable bonds is 11. The van der Waals surface area contributed by atoms with Crippen molar-refractivity contribution < 1.29 is 14.2 Å². The summed E-state index contributed by atoms with van der Waals surface area (Å²) in [6, 6.07) is 11.4.